The van der Waals surface area contributed by atoms with Crippen LogP contribution in [-0.4, -0.2) is 67.4 Å². The minimum absolute atomic E-state index is 0.0898. The van der Waals surface area contributed by atoms with Crippen LogP contribution in [0, 0.1) is 0 Å². The summed E-state index contributed by atoms with van der Waals surface area (Å²) in [6, 6.07) is 15.1. The fraction of sp³-hybridized carbons (Fsp3) is 0.227. The highest BCUT2D eigenvalue weighted by atomic mass is 32.2. The van der Waals surface area contributed by atoms with Crippen molar-refractivity contribution in [1.82, 2.24) is 20.1 Å². The number of carbonyl (C=O) groups excluding carboxylic acids is 2. The van der Waals surface area contributed by atoms with Crippen molar-refractivity contribution in [3.05, 3.63) is 65.5 Å². The van der Waals surface area contributed by atoms with E-state index in [1.165, 1.54) is 16.7 Å². The van der Waals surface area contributed by atoms with E-state index in [4.69, 9.17) is 4.74 Å². The van der Waals surface area contributed by atoms with Gasteiger partial charge in [0.1, 0.15) is 12.6 Å². The number of aliphatic carboxylic acids is 1. The summed E-state index contributed by atoms with van der Waals surface area (Å²) in [7, 11) is 0. The highest BCUT2D eigenvalue weighted by Crippen LogP contribution is 2.44. The number of hydrogen-bond acceptors (Lipinski definition) is 7. The zero-order valence-corrected chi connectivity index (χ0v) is 18.0. The zero-order chi connectivity index (χ0) is 22.9. The number of rotatable bonds is 5. The molecule has 3 aromatic rings. The van der Waals surface area contributed by atoms with E-state index in [9.17, 15) is 19.5 Å². The number of carboxylic acid groups (broad SMARTS) is 1. The third-order valence-electron chi connectivity index (χ3n) is 5.67. The van der Waals surface area contributed by atoms with Crippen molar-refractivity contribution in [3.63, 3.8) is 0 Å². The standard InChI is InChI=1S/C22H19N5O5S/c28-19(27-11-33-10-17(27)20(29)30)18-23-21(26-25-18)24-22(31)32-9-16-14-7-3-1-5-12(14)13-6-2-4-8-15(13)16/h1-8,16-17H,9-11H2,(H,29,30)(H2,23,24,25,26,31)/t17-/m0/s1. The Balaban J connectivity index is 1.23. The molecule has 2 aromatic carbocycles. The van der Waals surface area contributed by atoms with Gasteiger partial charge in [-0.3, -0.25) is 15.2 Å². The van der Waals surface area contributed by atoms with E-state index in [2.05, 4.69) is 20.5 Å². The second-order valence-electron chi connectivity index (χ2n) is 7.59. The van der Waals surface area contributed by atoms with Crippen molar-refractivity contribution in [1.29, 1.82) is 0 Å². The van der Waals surface area contributed by atoms with Crippen LogP contribution in [0.3, 0.4) is 0 Å². The number of amides is 2. The molecule has 1 aliphatic heterocycles. The lowest BCUT2D eigenvalue weighted by Gasteiger charge is -2.18. The second kappa shape index (κ2) is 8.58. The van der Waals surface area contributed by atoms with Crippen molar-refractivity contribution in [2.75, 3.05) is 23.6 Å². The fourth-order valence-electron chi connectivity index (χ4n) is 4.12. The number of H-pyrrole nitrogens is 1. The van der Waals surface area contributed by atoms with Crippen molar-refractivity contribution in [3.8, 4) is 11.1 Å². The molecule has 1 aliphatic carbocycles. The van der Waals surface area contributed by atoms with E-state index in [0.29, 0.717) is 5.75 Å². The predicted octanol–water partition coefficient (Wildman–Crippen LogP) is 2.77. The first-order valence-electron chi connectivity index (χ1n) is 10.2. The molecule has 10 nitrogen and oxygen atoms in total. The first-order chi connectivity index (χ1) is 16.0. The average Bonchev–Trinajstić information content (AvgIpc) is 3.55. The summed E-state index contributed by atoms with van der Waals surface area (Å²) in [6.45, 7) is 0.126. The van der Waals surface area contributed by atoms with Crippen LogP contribution in [-0.2, 0) is 9.53 Å². The number of carbonyl (C=O) groups is 3. The molecule has 168 valence electrons. The number of benzene rings is 2. The normalized spacial score (nSPS) is 16.8. The molecule has 5 rings (SSSR count). The Morgan fingerprint density at radius 1 is 1.12 bits per heavy atom. The van der Waals surface area contributed by atoms with Crippen LogP contribution in [0.2, 0.25) is 0 Å². The lowest BCUT2D eigenvalue weighted by atomic mass is 9.98. The monoisotopic (exact) mass is 465 g/mol. The highest BCUT2D eigenvalue weighted by molar-refractivity contribution is 7.99. The van der Waals surface area contributed by atoms with Gasteiger partial charge in [0.05, 0.1) is 5.88 Å². The SMILES string of the molecule is O=C(Nc1n[nH]c(C(=O)N2CSC[C@H]2C(=O)O)n1)OCC1c2ccccc2-c2ccccc21. The zero-order valence-electron chi connectivity index (χ0n) is 17.2. The maximum Gasteiger partial charge on any atom is 0.414 e. The number of thioether (sulfide) groups is 1. The molecule has 0 bridgehead atoms. The molecule has 0 radical (unpaired) electrons. The molecule has 2 aliphatic rings. The van der Waals surface area contributed by atoms with Crippen LogP contribution < -0.4 is 5.32 Å². The Morgan fingerprint density at radius 2 is 1.79 bits per heavy atom. The van der Waals surface area contributed by atoms with E-state index < -0.39 is 24.0 Å². The summed E-state index contributed by atoms with van der Waals surface area (Å²) >= 11 is 1.34. The van der Waals surface area contributed by atoms with Gasteiger partial charge in [-0.15, -0.1) is 16.9 Å². The summed E-state index contributed by atoms with van der Waals surface area (Å²) in [4.78, 5) is 41.4. The van der Waals surface area contributed by atoms with E-state index in [-0.39, 0.29) is 30.2 Å². The minimum Gasteiger partial charge on any atom is -0.480 e. The number of hydrogen-bond donors (Lipinski definition) is 3. The Morgan fingerprint density at radius 3 is 2.45 bits per heavy atom. The molecule has 2 heterocycles. The van der Waals surface area contributed by atoms with Crippen LogP contribution in [0.15, 0.2) is 48.5 Å². The van der Waals surface area contributed by atoms with Gasteiger partial charge >= 0.3 is 12.1 Å². The van der Waals surface area contributed by atoms with Crippen molar-refractivity contribution >= 4 is 35.7 Å². The van der Waals surface area contributed by atoms with Gasteiger partial charge < -0.3 is 14.7 Å². The Bertz CT molecular complexity index is 1200. The quantitative estimate of drug-likeness (QED) is 0.523. The number of carboxylic acids is 1. The first kappa shape index (κ1) is 21.0. The number of ether oxygens (including phenoxy) is 1. The summed E-state index contributed by atoms with van der Waals surface area (Å²) in [5.41, 5.74) is 4.43. The maximum atomic E-state index is 12.6. The molecular weight excluding hydrogens is 446 g/mol. The van der Waals surface area contributed by atoms with E-state index in [1.807, 2.05) is 48.5 Å². The molecular formula is C22H19N5O5S. The van der Waals surface area contributed by atoms with Gasteiger partial charge in [0.2, 0.25) is 5.82 Å². The molecule has 1 fully saturated rings. The lowest BCUT2D eigenvalue weighted by Crippen LogP contribution is -2.42. The van der Waals surface area contributed by atoms with Crippen molar-refractivity contribution in [2.45, 2.75) is 12.0 Å². The summed E-state index contributed by atoms with van der Waals surface area (Å²) in [6.07, 6.45) is -0.755. The number of aromatic nitrogens is 3. The molecule has 3 N–H and O–H groups in total. The van der Waals surface area contributed by atoms with Crippen molar-refractivity contribution < 1.29 is 24.2 Å². The van der Waals surface area contributed by atoms with Crippen LogP contribution in [0.1, 0.15) is 27.7 Å². The Hall–Kier alpha value is -3.86. The van der Waals surface area contributed by atoms with Crippen LogP contribution >= 0.6 is 11.8 Å². The molecule has 11 heteroatoms. The molecule has 1 atom stereocenters. The summed E-state index contributed by atoms with van der Waals surface area (Å²) < 4.78 is 5.44. The van der Waals surface area contributed by atoms with Gasteiger partial charge in [-0.25, -0.2) is 9.59 Å². The first-order valence-corrected chi connectivity index (χ1v) is 11.3. The van der Waals surface area contributed by atoms with Gasteiger partial charge in [0.25, 0.3) is 11.9 Å². The van der Waals surface area contributed by atoms with E-state index in [1.54, 1.807) is 0 Å². The van der Waals surface area contributed by atoms with Gasteiger partial charge in [0.15, 0.2) is 0 Å². The number of fused-ring (bicyclic) bond motifs is 3. The highest BCUT2D eigenvalue weighted by Gasteiger charge is 2.36. The lowest BCUT2D eigenvalue weighted by molar-refractivity contribution is -0.140. The van der Waals surface area contributed by atoms with E-state index in [0.717, 1.165) is 22.3 Å². The minimum atomic E-state index is -1.08. The average molecular weight is 465 g/mol. The Labute approximate surface area is 192 Å². The van der Waals surface area contributed by atoms with E-state index >= 15 is 0 Å². The largest absolute Gasteiger partial charge is 0.480 e. The summed E-state index contributed by atoms with van der Waals surface area (Å²) in [5, 5.41) is 17.9. The second-order valence-corrected chi connectivity index (χ2v) is 8.59. The maximum absolute atomic E-state index is 12.6. The smallest absolute Gasteiger partial charge is 0.414 e. The van der Waals surface area contributed by atoms with Crippen LogP contribution in [0.4, 0.5) is 10.7 Å². The third kappa shape index (κ3) is 3.91. The number of nitrogens with one attached hydrogen (secondary N) is 2. The van der Waals surface area contributed by atoms with Gasteiger partial charge in [-0.1, -0.05) is 48.5 Å². The molecule has 33 heavy (non-hydrogen) atoms. The molecule has 0 unspecified atom stereocenters. The van der Waals surface area contributed by atoms with Gasteiger partial charge in [-0.2, -0.15) is 4.98 Å². The number of anilines is 1. The molecule has 1 aromatic heterocycles. The molecule has 0 saturated carbocycles. The summed E-state index contributed by atoms with van der Waals surface area (Å²) in [5.74, 6) is -1.50. The molecule has 0 spiro atoms. The third-order valence-corrected chi connectivity index (χ3v) is 6.69. The van der Waals surface area contributed by atoms with Crippen molar-refractivity contribution in [2.24, 2.45) is 0 Å². The molecule has 2 amide bonds. The number of aromatic amines is 1. The fourth-order valence-corrected chi connectivity index (χ4v) is 5.27. The van der Waals surface area contributed by atoms with Crippen LogP contribution in [0.5, 0.6) is 0 Å². The predicted molar refractivity (Wildman–Crippen MR) is 120 cm³/mol. The van der Waals surface area contributed by atoms with Gasteiger partial charge in [-0.05, 0) is 22.3 Å². The topological polar surface area (TPSA) is 138 Å². The van der Waals surface area contributed by atoms with Gasteiger partial charge in [0, 0.05) is 11.7 Å². The number of nitrogens with zero attached hydrogens (tertiary/aromatic N) is 3. The van der Waals surface area contributed by atoms with Crippen LogP contribution in [0.25, 0.3) is 11.1 Å². The Kier molecular flexibility index (Phi) is 5.47. The molecule has 1 saturated heterocycles.